The summed E-state index contributed by atoms with van der Waals surface area (Å²) < 4.78 is 62.7. The van der Waals surface area contributed by atoms with E-state index >= 15 is 0 Å². The van der Waals surface area contributed by atoms with Crippen molar-refractivity contribution in [1.82, 2.24) is 0 Å². The zero-order valence-electron chi connectivity index (χ0n) is 8.64. The molecule has 0 spiro atoms. The van der Waals surface area contributed by atoms with Crippen molar-refractivity contribution in [2.45, 2.75) is 0 Å². The van der Waals surface area contributed by atoms with Gasteiger partial charge in [-0.2, -0.15) is 0 Å². The molecule has 2 aromatic rings. The standard InChI is InChI=1S/C12H4F4O2/c13-5-1-7(15)11-9(3-5)18-12-8(16)2-6(14)4-10(12)17-11/h1-4H. The number of benzene rings is 2. The van der Waals surface area contributed by atoms with Crippen LogP contribution in [0, 0.1) is 23.3 Å². The van der Waals surface area contributed by atoms with Crippen molar-refractivity contribution in [3.05, 3.63) is 47.5 Å². The van der Waals surface area contributed by atoms with Gasteiger partial charge in [0.2, 0.25) is 11.5 Å². The summed E-state index contributed by atoms with van der Waals surface area (Å²) in [5, 5.41) is 0. The predicted octanol–water partition coefficient (Wildman–Crippen LogP) is 4.14. The minimum absolute atomic E-state index is 0.300. The minimum atomic E-state index is -1.01. The lowest BCUT2D eigenvalue weighted by molar-refractivity contribution is 0.322. The monoisotopic (exact) mass is 256 g/mol. The first kappa shape index (κ1) is 10.9. The molecule has 0 bridgehead atoms. The highest BCUT2D eigenvalue weighted by Crippen LogP contribution is 2.47. The van der Waals surface area contributed by atoms with E-state index in [4.69, 9.17) is 9.47 Å². The van der Waals surface area contributed by atoms with Crippen molar-refractivity contribution in [3.8, 4) is 23.0 Å². The van der Waals surface area contributed by atoms with Crippen LogP contribution in [0.15, 0.2) is 24.3 Å². The molecule has 0 saturated carbocycles. The van der Waals surface area contributed by atoms with Gasteiger partial charge in [-0.25, -0.2) is 17.6 Å². The quantitative estimate of drug-likeness (QED) is 0.563. The Balaban J connectivity index is 2.18. The predicted molar refractivity (Wildman–Crippen MR) is 52.9 cm³/mol. The smallest absolute Gasteiger partial charge is 0.205 e. The average Bonchev–Trinajstić information content (AvgIpc) is 2.27. The molecular weight excluding hydrogens is 252 g/mol. The molecule has 0 saturated heterocycles. The molecule has 92 valence electrons. The Labute approximate surface area is 98.4 Å². The van der Waals surface area contributed by atoms with Gasteiger partial charge < -0.3 is 9.47 Å². The van der Waals surface area contributed by atoms with Gasteiger partial charge in [-0.3, -0.25) is 0 Å². The molecule has 0 radical (unpaired) electrons. The molecule has 3 rings (SSSR count). The highest BCUT2D eigenvalue weighted by atomic mass is 19.1. The van der Waals surface area contributed by atoms with E-state index in [1.807, 2.05) is 0 Å². The Morgan fingerprint density at radius 2 is 1.00 bits per heavy atom. The van der Waals surface area contributed by atoms with E-state index in [1.165, 1.54) is 0 Å². The van der Waals surface area contributed by atoms with Crippen LogP contribution in [0.5, 0.6) is 23.0 Å². The highest BCUT2D eigenvalue weighted by molar-refractivity contribution is 5.55. The normalized spacial score (nSPS) is 12.2. The van der Waals surface area contributed by atoms with Crippen LogP contribution in [0.3, 0.4) is 0 Å². The molecule has 0 aromatic heterocycles. The Bertz CT molecular complexity index is 598. The van der Waals surface area contributed by atoms with Crippen LogP contribution in [-0.2, 0) is 0 Å². The van der Waals surface area contributed by atoms with Crippen molar-refractivity contribution < 1.29 is 27.0 Å². The van der Waals surface area contributed by atoms with Crippen LogP contribution in [-0.4, -0.2) is 0 Å². The fourth-order valence-electron chi connectivity index (χ4n) is 1.64. The van der Waals surface area contributed by atoms with Crippen LogP contribution in [0.4, 0.5) is 17.6 Å². The third-order valence-electron chi connectivity index (χ3n) is 2.37. The van der Waals surface area contributed by atoms with Crippen molar-refractivity contribution in [1.29, 1.82) is 0 Å². The van der Waals surface area contributed by atoms with Crippen molar-refractivity contribution in [2.24, 2.45) is 0 Å². The molecule has 0 aliphatic carbocycles. The van der Waals surface area contributed by atoms with Gasteiger partial charge in [0.25, 0.3) is 0 Å². The molecule has 0 unspecified atom stereocenters. The average molecular weight is 256 g/mol. The summed E-state index contributed by atoms with van der Waals surface area (Å²) in [6, 6.07) is 2.87. The molecule has 0 amide bonds. The molecule has 0 fully saturated rings. The van der Waals surface area contributed by atoms with E-state index in [0.29, 0.717) is 12.1 Å². The molecule has 0 atom stereocenters. The van der Waals surface area contributed by atoms with Crippen LogP contribution in [0.2, 0.25) is 0 Å². The minimum Gasteiger partial charge on any atom is -0.446 e. The number of fused-ring (bicyclic) bond motifs is 2. The van der Waals surface area contributed by atoms with Crippen LogP contribution in [0.1, 0.15) is 0 Å². The zero-order chi connectivity index (χ0) is 12.9. The zero-order valence-corrected chi connectivity index (χ0v) is 8.64. The first-order valence-electron chi connectivity index (χ1n) is 4.88. The van der Waals surface area contributed by atoms with Gasteiger partial charge in [0, 0.05) is 24.3 Å². The molecule has 2 aromatic carbocycles. The fraction of sp³-hybridized carbons (Fsp3) is 0. The number of hydrogen-bond donors (Lipinski definition) is 0. The lowest BCUT2D eigenvalue weighted by atomic mass is 10.2. The van der Waals surface area contributed by atoms with Gasteiger partial charge in [-0.1, -0.05) is 0 Å². The molecular formula is C12H4F4O2. The number of halogens is 4. The van der Waals surface area contributed by atoms with Crippen molar-refractivity contribution in [2.75, 3.05) is 0 Å². The largest absolute Gasteiger partial charge is 0.446 e. The third kappa shape index (κ3) is 1.57. The molecule has 2 nitrogen and oxygen atoms in total. The van der Waals surface area contributed by atoms with Crippen molar-refractivity contribution >= 4 is 0 Å². The first-order valence-corrected chi connectivity index (χ1v) is 4.88. The summed E-state index contributed by atoms with van der Waals surface area (Å²) in [5.74, 6) is -5.22. The molecule has 18 heavy (non-hydrogen) atoms. The molecule has 1 aliphatic rings. The summed E-state index contributed by atoms with van der Waals surface area (Å²) in [5.41, 5.74) is 0. The Morgan fingerprint density at radius 3 is 1.39 bits per heavy atom. The summed E-state index contributed by atoms with van der Waals surface area (Å²) in [4.78, 5) is 0. The summed E-state index contributed by atoms with van der Waals surface area (Å²) in [6.45, 7) is 0. The van der Waals surface area contributed by atoms with E-state index in [2.05, 4.69) is 0 Å². The SMILES string of the molecule is Fc1cc(F)c2c(c1)Oc1c(F)cc(F)cc1O2. The maximum atomic E-state index is 13.4. The first-order chi connectivity index (χ1) is 8.54. The van der Waals surface area contributed by atoms with Crippen LogP contribution in [0.25, 0.3) is 0 Å². The van der Waals surface area contributed by atoms with Gasteiger partial charge in [-0.15, -0.1) is 0 Å². The third-order valence-corrected chi connectivity index (χ3v) is 2.37. The van der Waals surface area contributed by atoms with E-state index in [9.17, 15) is 17.6 Å². The van der Waals surface area contributed by atoms with Crippen LogP contribution >= 0.6 is 0 Å². The van der Waals surface area contributed by atoms with E-state index in [0.717, 1.165) is 12.1 Å². The molecule has 6 heteroatoms. The Morgan fingerprint density at radius 1 is 0.611 bits per heavy atom. The molecule has 1 heterocycles. The maximum Gasteiger partial charge on any atom is 0.205 e. The van der Waals surface area contributed by atoms with Gasteiger partial charge >= 0.3 is 0 Å². The number of rotatable bonds is 0. The molecule has 0 N–H and O–H groups in total. The second-order valence-corrected chi connectivity index (χ2v) is 3.63. The lowest BCUT2D eigenvalue weighted by Gasteiger charge is -2.21. The lowest BCUT2D eigenvalue weighted by Crippen LogP contribution is -2.04. The second-order valence-electron chi connectivity index (χ2n) is 3.63. The van der Waals surface area contributed by atoms with Crippen LogP contribution < -0.4 is 9.47 Å². The Kier molecular flexibility index (Phi) is 2.19. The fourth-order valence-corrected chi connectivity index (χ4v) is 1.64. The highest BCUT2D eigenvalue weighted by Gasteiger charge is 2.26. The van der Waals surface area contributed by atoms with Crippen molar-refractivity contribution in [3.63, 3.8) is 0 Å². The second kappa shape index (κ2) is 3.63. The van der Waals surface area contributed by atoms with Gasteiger partial charge in [0.15, 0.2) is 23.1 Å². The summed E-state index contributed by atoms with van der Waals surface area (Å²) >= 11 is 0. The Hall–Kier alpha value is -2.24. The maximum absolute atomic E-state index is 13.4. The number of ether oxygens (including phenoxy) is 2. The van der Waals surface area contributed by atoms with Gasteiger partial charge in [0.05, 0.1) is 0 Å². The summed E-state index contributed by atoms with van der Waals surface area (Å²) in [6.07, 6.45) is 0. The van der Waals surface area contributed by atoms with E-state index in [1.54, 1.807) is 0 Å². The molecule has 1 aliphatic heterocycles. The van der Waals surface area contributed by atoms with Gasteiger partial charge in [0.1, 0.15) is 11.6 Å². The topological polar surface area (TPSA) is 18.5 Å². The van der Waals surface area contributed by atoms with E-state index < -0.39 is 34.8 Å². The van der Waals surface area contributed by atoms with Gasteiger partial charge in [-0.05, 0) is 0 Å². The van der Waals surface area contributed by atoms with E-state index in [-0.39, 0.29) is 11.5 Å². The summed E-state index contributed by atoms with van der Waals surface area (Å²) in [7, 11) is 0. The number of hydrogen-bond acceptors (Lipinski definition) is 2.